The summed E-state index contributed by atoms with van der Waals surface area (Å²) in [6.45, 7) is 0.433. The first kappa shape index (κ1) is 18.0. The third kappa shape index (κ3) is 5.07. The molecule has 0 heterocycles. The molecule has 2 aromatic carbocycles. The van der Waals surface area contributed by atoms with E-state index in [9.17, 15) is 14.9 Å². The summed E-state index contributed by atoms with van der Waals surface area (Å²) < 4.78 is 9.59. The highest BCUT2D eigenvalue weighted by Crippen LogP contribution is 2.27. The summed E-state index contributed by atoms with van der Waals surface area (Å²) in [4.78, 5) is 21.9. The molecule has 7 nitrogen and oxygen atoms in total. The molecule has 7 heteroatoms. The Morgan fingerprint density at radius 1 is 1.20 bits per heavy atom. The highest BCUT2D eigenvalue weighted by molar-refractivity contribution is 5.87. The van der Waals surface area contributed by atoms with Crippen LogP contribution in [-0.2, 0) is 16.1 Å². The van der Waals surface area contributed by atoms with Crippen LogP contribution in [0.3, 0.4) is 0 Å². The lowest BCUT2D eigenvalue weighted by molar-refractivity contribution is -0.384. The van der Waals surface area contributed by atoms with Gasteiger partial charge in [-0.1, -0.05) is 18.2 Å². The molecule has 0 radical (unpaired) electrons. The summed E-state index contributed by atoms with van der Waals surface area (Å²) >= 11 is 0. The van der Waals surface area contributed by atoms with Crippen LogP contribution in [0.4, 0.5) is 11.4 Å². The normalized spacial score (nSPS) is 10.5. The first-order valence-corrected chi connectivity index (χ1v) is 7.44. The Balaban J connectivity index is 2.14. The topological polar surface area (TPSA) is 90.7 Å². The van der Waals surface area contributed by atoms with Gasteiger partial charge in [-0.25, -0.2) is 4.79 Å². The zero-order valence-corrected chi connectivity index (χ0v) is 13.9. The van der Waals surface area contributed by atoms with Gasteiger partial charge >= 0.3 is 5.97 Å². The first-order valence-electron chi connectivity index (χ1n) is 7.44. The van der Waals surface area contributed by atoms with Gasteiger partial charge in [0.05, 0.1) is 19.1 Å². The van der Waals surface area contributed by atoms with Crippen LogP contribution in [0.2, 0.25) is 0 Å². The second kappa shape index (κ2) is 8.49. The van der Waals surface area contributed by atoms with Gasteiger partial charge in [0.25, 0.3) is 5.69 Å². The van der Waals surface area contributed by atoms with Gasteiger partial charge in [0.2, 0.25) is 0 Å². The molecule has 0 fully saturated rings. The van der Waals surface area contributed by atoms with Gasteiger partial charge in [-0.15, -0.1) is 0 Å². The number of ether oxygens (including phenoxy) is 2. The Bertz CT molecular complexity index is 785. The lowest BCUT2D eigenvalue weighted by Crippen LogP contribution is -2.03. The molecule has 0 aliphatic heterocycles. The maximum absolute atomic E-state index is 11.3. The van der Waals surface area contributed by atoms with E-state index in [1.165, 1.54) is 25.3 Å². The number of nitrogens with zero attached hydrogens (tertiary/aromatic N) is 1. The van der Waals surface area contributed by atoms with E-state index < -0.39 is 10.9 Å². The zero-order chi connectivity index (χ0) is 18.2. The summed E-state index contributed by atoms with van der Waals surface area (Å²) in [5.41, 5.74) is 1.83. The predicted octanol–water partition coefficient (Wildman–Crippen LogP) is 3.40. The van der Waals surface area contributed by atoms with Crippen molar-refractivity contribution in [3.05, 3.63) is 69.8 Å². The van der Waals surface area contributed by atoms with Crippen molar-refractivity contribution in [1.82, 2.24) is 0 Å². The van der Waals surface area contributed by atoms with E-state index in [1.807, 2.05) is 24.3 Å². The maximum Gasteiger partial charge on any atom is 0.330 e. The van der Waals surface area contributed by atoms with Crippen molar-refractivity contribution in [2.75, 3.05) is 19.5 Å². The quantitative estimate of drug-likeness (QED) is 0.359. The number of esters is 1. The fraction of sp³-hybridized carbons (Fsp3) is 0.167. The van der Waals surface area contributed by atoms with Crippen molar-refractivity contribution in [3.8, 4) is 5.75 Å². The molecule has 0 aromatic heterocycles. The Morgan fingerprint density at radius 2 is 1.92 bits per heavy atom. The third-order valence-electron chi connectivity index (χ3n) is 3.47. The molecular formula is C18H18N2O5. The minimum atomic E-state index is -0.524. The Labute approximate surface area is 145 Å². The van der Waals surface area contributed by atoms with Crippen molar-refractivity contribution >= 4 is 23.4 Å². The lowest BCUT2D eigenvalue weighted by atomic mass is 10.1. The molecular weight excluding hydrogens is 324 g/mol. The summed E-state index contributed by atoms with van der Waals surface area (Å²) in [6.07, 6.45) is 2.68. The van der Waals surface area contributed by atoms with Crippen LogP contribution < -0.4 is 10.1 Å². The average Bonchev–Trinajstić information content (AvgIpc) is 2.64. The van der Waals surface area contributed by atoms with Crippen molar-refractivity contribution in [3.63, 3.8) is 0 Å². The number of nitrogens with one attached hydrogen (secondary N) is 1. The van der Waals surface area contributed by atoms with Crippen molar-refractivity contribution < 1.29 is 19.2 Å². The van der Waals surface area contributed by atoms with E-state index in [-0.39, 0.29) is 5.69 Å². The van der Waals surface area contributed by atoms with Gasteiger partial charge in [-0.05, 0) is 35.4 Å². The van der Waals surface area contributed by atoms with Crippen LogP contribution >= 0.6 is 0 Å². The van der Waals surface area contributed by atoms with E-state index >= 15 is 0 Å². The van der Waals surface area contributed by atoms with Crippen molar-refractivity contribution in [2.24, 2.45) is 0 Å². The lowest BCUT2D eigenvalue weighted by Gasteiger charge is -2.08. The fourth-order valence-electron chi connectivity index (χ4n) is 2.13. The van der Waals surface area contributed by atoms with Gasteiger partial charge in [0.1, 0.15) is 11.4 Å². The van der Waals surface area contributed by atoms with Crippen molar-refractivity contribution in [1.29, 1.82) is 0 Å². The standard InChI is InChI=1S/C18H18N2O5/c1-24-15-7-3-14(4-8-15)12-19-16-9-5-13(6-10-18(21)25-2)11-17(16)20(22)23/h3-11,19H,12H2,1-2H3/b10-6+. The molecule has 0 saturated carbocycles. The highest BCUT2D eigenvalue weighted by Gasteiger charge is 2.14. The summed E-state index contributed by atoms with van der Waals surface area (Å²) in [5, 5.41) is 14.3. The first-order chi connectivity index (χ1) is 12.0. The minimum absolute atomic E-state index is 0.0690. The maximum atomic E-state index is 11.3. The molecule has 0 bridgehead atoms. The number of benzene rings is 2. The monoisotopic (exact) mass is 342 g/mol. The van der Waals surface area contributed by atoms with E-state index in [0.717, 1.165) is 11.3 Å². The summed E-state index contributed by atoms with van der Waals surface area (Å²) in [7, 11) is 2.86. The van der Waals surface area contributed by atoms with Gasteiger partial charge in [-0.3, -0.25) is 10.1 Å². The highest BCUT2D eigenvalue weighted by atomic mass is 16.6. The number of carbonyl (C=O) groups is 1. The molecule has 0 aliphatic rings. The molecule has 0 saturated heterocycles. The van der Waals surface area contributed by atoms with Crippen LogP contribution in [-0.4, -0.2) is 25.1 Å². The molecule has 0 spiro atoms. The van der Waals surface area contributed by atoms with E-state index in [2.05, 4.69) is 10.1 Å². The second-order valence-electron chi connectivity index (χ2n) is 5.09. The summed E-state index contributed by atoms with van der Waals surface area (Å²) in [6, 6.07) is 12.1. The minimum Gasteiger partial charge on any atom is -0.497 e. The molecule has 1 N–H and O–H groups in total. The van der Waals surface area contributed by atoms with E-state index in [0.29, 0.717) is 17.8 Å². The van der Waals surface area contributed by atoms with Crippen LogP contribution in [0, 0.1) is 10.1 Å². The van der Waals surface area contributed by atoms with E-state index in [1.54, 1.807) is 19.2 Å². The molecule has 0 atom stereocenters. The molecule has 2 rings (SSSR count). The fourth-order valence-corrected chi connectivity index (χ4v) is 2.13. The average molecular weight is 342 g/mol. The molecule has 130 valence electrons. The number of nitro benzene ring substituents is 1. The van der Waals surface area contributed by atoms with Crippen LogP contribution in [0.15, 0.2) is 48.5 Å². The number of hydrogen-bond acceptors (Lipinski definition) is 6. The molecule has 2 aromatic rings. The Morgan fingerprint density at radius 3 is 2.52 bits per heavy atom. The second-order valence-corrected chi connectivity index (χ2v) is 5.09. The van der Waals surface area contributed by atoms with Crippen LogP contribution in [0.25, 0.3) is 6.08 Å². The van der Waals surface area contributed by atoms with Gasteiger partial charge < -0.3 is 14.8 Å². The summed E-state index contributed by atoms with van der Waals surface area (Å²) in [5.74, 6) is 0.223. The smallest absolute Gasteiger partial charge is 0.330 e. The third-order valence-corrected chi connectivity index (χ3v) is 3.47. The van der Waals surface area contributed by atoms with Crippen molar-refractivity contribution in [2.45, 2.75) is 6.54 Å². The molecule has 0 aliphatic carbocycles. The Hall–Kier alpha value is -3.35. The van der Waals surface area contributed by atoms with Gasteiger partial charge in [0, 0.05) is 18.7 Å². The van der Waals surface area contributed by atoms with Crippen LogP contribution in [0.1, 0.15) is 11.1 Å². The Kier molecular flexibility index (Phi) is 6.11. The van der Waals surface area contributed by atoms with Gasteiger partial charge in [-0.2, -0.15) is 0 Å². The predicted molar refractivity (Wildman–Crippen MR) is 94.5 cm³/mol. The zero-order valence-electron chi connectivity index (χ0n) is 13.9. The van der Waals surface area contributed by atoms with Crippen LogP contribution in [0.5, 0.6) is 5.75 Å². The van der Waals surface area contributed by atoms with E-state index in [4.69, 9.17) is 4.74 Å². The number of methoxy groups -OCH3 is 2. The molecule has 0 amide bonds. The van der Waals surface area contributed by atoms with Gasteiger partial charge in [0.15, 0.2) is 0 Å². The largest absolute Gasteiger partial charge is 0.497 e. The number of hydrogen-bond donors (Lipinski definition) is 1. The number of rotatable bonds is 7. The number of nitro groups is 1. The molecule has 0 unspecified atom stereocenters. The molecule has 25 heavy (non-hydrogen) atoms. The SMILES string of the molecule is COC(=O)/C=C/c1ccc(NCc2ccc(OC)cc2)c([N+](=O)[O-])c1. The number of anilines is 1. The number of carbonyl (C=O) groups excluding carboxylic acids is 1.